The highest BCUT2D eigenvalue weighted by molar-refractivity contribution is 14.1. The van der Waals surface area contributed by atoms with Gasteiger partial charge in [-0.15, -0.1) is 0 Å². The van der Waals surface area contributed by atoms with E-state index < -0.39 is 0 Å². The fourth-order valence-electron chi connectivity index (χ4n) is 1.69. The average Bonchev–Trinajstić information content (AvgIpc) is 2.46. The molecule has 2 aromatic carbocycles. The molecule has 0 saturated heterocycles. The van der Waals surface area contributed by atoms with E-state index in [0.717, 1.165) is 14.9 Å². The molecule has 0 heterocycles. The van der Waals surface area contributed by atoms with Crippen molar-refractivity contribution in [1.29, 1.82) is 0 Å². The fraction of sp³-hybridized carbons (Fsp3) is 0.133. The number of ether oxygens (including phenoxy) is 1. The summed E-state index contributed by atoms with van der Waals surface area (Å²) in [6, 6.07) is 13.4. The number of carbonyl (C=O) groups is 1. The molecule has 4 nitrogen and oxygen atoms in total. The van der Waals surface area contributed by atoms with Crippen LogP contribution in [0.25, 0.3) is 0 Å². The zero-order valence-corrected chi connectivity index (χ0v) is 13.2. The number of rotatable bonds is 4. The number of amides is 1. The van der Waals surface area contributed by atoms with Gasteiger partial charge in [0.15, 0.2) is 0 Å². The molecule has 0 aliphatic carbocycles. The molecule has 0 atom stereocenters. The van der Waals surface area contributed by atoms with Gasteiger partial charge in [-0.05, 0) is 53.3 Å². The van der Waals surface area contributed by atoms with Crippen LogP contribution in [0.4, 0.5) is 0 Å². The summed E-state index contributed by atoms with van der Waals surface area (Å²) in [4.78, 5) is 11.4. The lowest BCUT2D eigenvalue weighted by Crippen LogP contribution is -2.29. The van der Waals surface area contributed by atoms with Gasteiger partial charge in [0.25, 0.3) is 5.91 Å². The zero-order valence-electron chi connectivity index (χ0n) is 11.0. The number of halogens is 1. The lowest BCUT2D eigenvalue weighted by molar-refractivity contribution is 0.0953. The third kappa shape index (κ3) is 3.71. The van der Waals surface area contributed by atoms with Crippen LogP contribution in [0.3, 0.4) is 0 Å². The van der Waals surface area contributed by atoms with Crippen molar-refractivity contribution in [1.82, 2.24) is 5.43 Å². The monoisotopic (exact) mass is 382 g/mol. The maximum absolute atomic E-state index is 11.4. The molecule has 0 aliphatic rings. The SMILES string of the molecule is Cc1ccc(COc2ccc(C(=O)NN)cc2I)cc1. The highest BCUT2D eigenvalue weighted by Gasteiger charge is 2.08. The topological polar surface area (TPSA) is 64.3 Å². The molecule has 2 aromatic rings. The Morgan fingerprint density at radius 1 is 1.25 bits per heavy atom. The molecule has 0 aromatic heterocycles. The quantitative estimate of drug-likeness (QED) is 0.370. The Labute approximate surface area is 131 Å². The minimum atomic E-state index is -0.312. The van der Waals surface area contributed by atoms with E-state index >= 15 is 0 Å². The minimum absolute atomic E-state index is 0.312. The van der Waals surface area contributed by atoms with E-state index in [2.05, 4.69) is 47.1 Å². The lowest BCUT2D eigenvalue weighted by Gasteiger charge is -2.09. The van der Waals surface area contributed by atoms with E-state index in [1.807, 2.05) is 12.1 Å². The van der Waals surface area contributed by atoms with Crippen LogP contribution in [-0.4, -0.2) is 5.91 Å². The first-order valence-corrected chi connectivity index (χ1v) is 7.17. The highest BCUT2D eigenvalue weighted by atomic mass is 127. The van der Waals surface area contributed by atoms with Gasteiger partial charge in [-0.2, -0.15) is 0 Å². The summed E-state index contributed by atoms with van der Waals surface area (Å²) in [5, 5.41) is 0. The van der Waals surface area contributed by atoms with Crippen molar-refractivity contribution in [3.8, 4) is 5.75 Å². The van der Waals surface area contributed by atoms with E-state index in [1.54, 1.807) is 18.2 Å². The number of nitrogens with two attached hydrogens (primary N) is 1. The summed E-state index contributed by atoms with van der Waals surface area (Å²) in [5.41, 5.74) is 4.95. The molecule has 0 spiro atoms. The second kappa shape index (κ2) is 6.71. The van der Waals surface area contributed by atoms with E-state index in [0.29, 0.717) is 12.2 Å². The van der Waals surface area contributed by atoms with Crippen molar-refractivity contribution in [2.24, 2.45) is 5.84 Å². The van der Waals surface area contributed by atoms with Gasteiger partial charge in [0.2, 0.25) is 0 Å². The molecule has 0 unspecified atom stereocenters. The Hall–Kier alpha value is -1.60. The van der Waals surface area contributed by atoms with Crippen LogP contribution in [0.2, 0.25) is 0 Å². The van der Waals surface area contributed by atoms with Crippen molar-refractivity contribution in [2.45, 2.75) is 13.5 Å². The molecule has 5 heteroatoms. The second-order valence-electron chi connectivity index (χ2n) is 4.39. The van der Waals surface area contributed by atoms with Gasteiger partial charge in [0, 0.05) is 5.56 Å². The Bertz CT molecular complexity index is 612. The Morgan fingerprint density at radius 2 is 1.95 bits per heavy atom. The number of hydrogen-bond acceptors (Lipinski definition) is 3. The summed E-state index contributed by atoms with van der Waals surface area (Å²) >= 11 is 2.14. The van der Waals surface area contributed by atoms with Crippen LogP contribution in [0.5, 0.6) is 5.75 Å². The molecule has 3 N–H and O–H groups in total. The average molecular weight is 382 g/mol. The van der Waals surface area contributed by atoms with Gasteiger partial charge >= 0.3 is 0 Å². The normalized spacial score (nSPS) is 10.2. The zero-order chi connectivity index (χ0) is 14.5. The number of benzene rings is 2. The third-order valence-electron chi connectivity index (χ3n) is 2.84. The van der Waals surface area contributed by atoms with Gasteiger partial charge in [0.05, 0.1) is 3.57 Å². The molecule has 0 bridgehead atoms. The van der Waals surface area contributed by atoms with Crippen molar-refractivity contribution in [3.63, 3.8) is 0 Å². The fourth-order valence-corrected chi connectivity index (χ4v) is 2.36. The van der Waals surface area contributed by atoms with Crippen molar-refractivity contribution in [3.05, 3.63) is 62.7 Å². The van der Waals surface area contributed by atoms with Crippen molar-refractivity contribution in [2.75, 3.05) is 0 Å². The predicted octanol–water partition coefficient (Wildman–Crippen LogP) is 2.78. The smallest absolute Gasteiger partial charge is 0.265 e. The molecule has 1 amide bonds. The molecule has 0 fully saturated rings. The van der Waals surface area contributed by atoms with Crippen LogP contribution in [0.15, 0.2) is 42.5 Å². The molecular formula is C15H15IN2O2. The first-order valence-electron chi connectivity index (χ1n) is 6.09. The first-order chi connectivity index (χ1) is 9.60. The third-order valence-corrected chi connectivity index (χ3v) is 3.68. The van der Waals surface area contributed by atoms with E-state index in [9.17, 15) is 4.79 Å². The summed E-state index contributed by atoms with van der Waals surface area (Å²) in [5.74, 6) is 5.54. The number of carbonyl (C=O) groups excluding carboxylic acids is 1. The first kappa shape index (κ1) is 14.8. The Kier molecular flexibility index (Phi) is 4.97. The van der Waals surface area contributed by atoms with E-state index in [1.165, 1.54) is 5.56 Å². The number of hydrogen-bond donors (Lipinski definition) is 2. The summed E-state index contributed by atoms with van der Waals surface area (Å²) in [6.45, 7) is 2.55. The number of hydrazine groups is 1. The summed E-state index contributed by atoms with van der Waals surface area (Å²) in [6.07, 6.45) is 0. The molecule has 0 radical (unpaired) electrons. The number of nitrogen functional groups attached to an aromatic ring is 1. The second-order valence-corrected chi connectivity index (χ2v) is 5.56. The molecule has 0 aliphatic heterocycles. The van der Waals surface area contributed by atoms with Gasteiger partial charge in [0.1, 0.15) is 12.4 Å². The molecule has 20 heavy (non-hydrogen) atoms. The molecule has 2 rings (SSSR count). The van der Waals surface area contributed by atoms with Crippen LogP contribution >= 0.6 is 22.6 Å². The largest absolute Gasteiger partial charge is 0.488 e. The molecule has 104 valence electrons. The molecular weight excluding hydrogens is 367 g/mol. The van der Waals surface area contributed by atoms with Crippen LogP contribution < -0.4 is 16.0 Å². The van der Waals surface area contributed by atoms with Crippen LogP contribution in [0, 0.1) is 10.5 Å². The standard InChI is InChI=1S/C15H15IN2O2/c1-10-2-4-11(5-3-10)9-20-14-7-6-12(8-13(14)16)15(19)18-17/h2-8H,9,17H2,1H3,(H,18,19). The summed E-state index contributed by atoms with van der Waals surface area (Å²) in [7, 11) is 0. The van der Waals surface area contributed by atoms with Gasteiger partial charge < -0.3 is 4.74 Å². The van der Waals surface area contributed by atoms with Gasteiger partial charge in [-0.3, -0.25) is 10.2 Å². The Morgan fingerprint density at radius 3 is 2.55 bits per heavy atom. The molecule has 0 saturated carbocycles. The summed E-state index contributed by atoms with van der Waals surface area (Å²) < 4.78 is 6.63. The van der Waals surface area contributed by atoms with Gasteiger partial charge in [-0.25, -0.2) is 5.84 Å². The minimum Gasteiger partial charge on any atom is -0.488 e. The van der Waals surface area contributed by atoms with E-state index in [4.69, 9.17) is 10.6 Å². The predicted molar refractivity (Wildman–Crippen MR) is 86.3 cm³/mol. The van der Waals surface area contributed by atoms with Crippen LogP contribution in [0.1, 0.15) is 21.5 Å². The number of nitrogens with one attached hydrogen (secondary N) is 1. The van der Waals surface area contributed by atoms with Crippen LogP contribution in [-0.2, 0) is 6.61 Å². The maximum atomic E-state index is 11.4. The van der Waals surface area contributed by atoms with Crippen molar-refractivity contribution >= 4 is 28.5 Å². The van der Waals surface area contributed by atoms with Crippen molar-refractivity contribution < 1.29 is 9.53 Å². The highest BCUT2D eigenvalue weighted by Crippen LogP contribution is 2.23. The van der Waals surface area contributed by atoms with Gasteiger partial charge in [-0.1, -0.05) is 29.8 Å². The maximum Gasteiger partial charge on any atom is 0.265 e. The number of aryl methyl sites for hydroxylation is 1. The Balaban J connectivity index is 2.06. The lowest BCUT2D eigenvalue weighted by atomic mass is 10.2. The van der Waals surface area contributed by atoms with E-state index in [-0.39, 0.29) is 5.91 Å².